The summed E-state index contributed by atoms with van der Waals surface area (Å²) in [5.74, 6) is 2.55. The van der Waals surface area contributed by atoms with E-state index in [1.165, 1.54) is 17.3 Å². The Balaban J connectivity index is 1.34. The number of carboxylic acid groups (broad SMARTS) is 1. The van der Waals surface area contributed by atoms with Crippen LogP contribution >= 0.6 is 11.8 Å². The number of terminal acetylenes is 1. The minimum atomic E-state index is -1.10. The molecule has 0 unspecified atom stereocenters. The molecule has 4 rings (SSSR count). The first-order valence-corrected chi connectivity index (χ1v) is 17.1. The molecule has 0 aromatic heterocycles. The number of rotatable bonds is 11. The highest BCUT2D eigenvalue weighted by molar-refractivity contribution is 7.98. The zero-order chi connectivity index (χ0) is 31.6. The number of hydrogen-bond donors (Lipinski definition) is 4. The van der Waals surface area contributed by atoms with Gasteiger partial charge in [-0.3, -0.25) is 9.59 Å². The molecule has 0 aromatic rings. The SMILES string of the molecule is C#C[C@@]1(O)CC[C@@H]2[C@@H]3CCC4=C/C(=N\OCC(=O)N[C@H](C(=O)N[C@H](CCSC)C(=O)O)C(C)C)CC[C@]4(C)[C@H]3CC[C@@]21C. The zero-order valence-corrected chi connectivity index (χ0v) is 27.1. The van der Waals surface area contributed by atoms with Crippen LogP contribution in [-0.2, 0) is 19.2 Å². The largest absolute Gasteiger partial charge is 0.480 e. The molecule has 0 aliphatic heterocycles. The second-order valence-corrected chi connectivity index (χ2v) is 14.8. The van der Waals surface area contributed by atoms with Crippen LogP contribution in [0.4, 0.5) is 0 Å². The van der Waals surface area contributed by atoms with E-state index >= 15 is 0 Å². The fourth-order valence-electron chi connectivity index (χ4n) is 8.57. The molecule has 3 fully saturated rings. The van der Waals surface area contributed by atoms with Gasteiger partial charge in [0.05, 0.1) is 5.71 Å². The van der Waals surface area contributed by atoms with Crippen LogP contribution < -0.4 is 10.6 Å². The molecule has 0 heterocycles. The number of carbonyl (C=O) groups excluding carboxylic acids is 2. The molecule has 3 saturated carbocycles. The Labute approximate surface area is 260 Å². The number of aliphatic hydroxyl groups is 1. The number of carboxylic acids is 1. The summed E-state index contributed by atoms with van der Waals surface area (Å²) in [6, 6.07) is -1.90. The van der Waals surface area contributed by atoms with Gasteiger partial charge in [0.2, 0.25) is 5.91 Å². The Hall–Kier alpha value is -2.51. The number of amides is 2. The van der Waals surface area contributed by atoms with Gasteiger partial charge in [-0.2, -0.15) is 11.8 Å². The summed E-state index contributed by atoms with van der Waals surface area (Å²) in [5.41, 5.74) is 1.09. The Bertz CT molecular complexity index is 1200. The lowest BCUT2D eigenvalue weighted by molar-refractivity contribution is -0.142. The van der Waals surface area contributed by atoms with Crippen molar-refractivity contribution in [2.75, 3.05) is 18.6 Å². The molecule has 0 saturated heterocycles. The summed E-state index contributed by atoms with van der Waals surface area (Å²) in [6.45, 7) is 7.84. The number of hydrogen-bond acceptors (Lipinski definition) is 7. The van der Waals surface area contributed by atoms with Gasteiger partial charge in [-0.05, 0) is 105 Å². The normalized spacial score (nSPS) is 35.4. The summed E-state index contributed by atoms with van der Waals surface area (Å²) in [5, 5.41) is 30.2. The lowest BCUT2D eigenvalue weighted by atomic mass is 9.46. The van der Waals surface area contributed by atoms with E-state index in [9.17, 15) is 24.6 Å². The van der Waals surface area contributed by atoms with E-state index in [0.717, 1.165) is 50.7 Å². The number of nitrogens with one attached hydrogen (secondary N) is 2. The van der Waals surface area contributed by atoms with Crippen LogP contribution in [0, 0.1) is 46.8 Å². The molecule has 10 heteroatoms. The van der Waals surface area contributed by atoms with Crippen LogP contribution in [0.1, 0.15) is 85.5 Å². The van der Waals surface area contributed by atoms with Gasteiger partial charge in [-0.1, -0.05) is 44.3 Å². The Kier molecular flexibility index (Phi) is 10.3. The van der Waals surface area contributed by atoms with Gasteiger partial charge in [0.25, 0.3) is 5.91 Å². The average molecular weight is 616 g/mol. The number of thioether (sulfide) groups is 1. The predicted octanol–water partition coefficient (Wildman–Crippen LogP) is 4.15. The molecule has 0 radical (unpaired) electrons. The number of oxime groups is 1. The van der Waals surface area contributed by atoms with E-state index in [1.807, 2.05) is 6.26 Å². The van der Waals surface area contributed by atoms with Crippen molar-refractivity contribution < 1.29 is 29.4 Å². The van der Waals surface area contributed by atoms with Gasteiger partial charge >= 0.3 is 5.97 Å². The molecule has 43 heavy (non-hydrogen) atoms. The maximum Gasteiger partial charge on any atom is 0.326 e. The second kappa shape index (κ2) is 13.2. The van der Waals surface area contributed by atoms with Crippen LogP contribution in [0.2, 0.25) is 0 Å². The molecule has 4 N–H and O–H groups in total. The maximum atomic E-state index is 12.8. The summed E-state index contributed by atoms with van der Waals surface area (Å²) in [6.07, 6.45) is 17.6. The number of nitrogens with zero attached hydrogens (tertiary/aromatic N) is 1. The van der Waals surface area contributed by atoms with Crippen LogP contribution in [0.15, 0.2) is 16.8 Å². The van der Waals surface area contributed by atoms with E-state index in [1.54, 1.807) is 13.8 Å². The first-order valence-electron chi connectivity index (χ1n) is 15.7. The lowest BCUT2D eigenvalue weighted by Crippen LogP contribution is -2.54. The molecule has 8 atom stereocenters. The monoisotopic (exact) mass is 615 g/mol. The van der Waals surface area contributed by atoms with E-state index in [2.05, 4.69) is 41.6 Å². The third-order valence-electron chi connectivity index (χ3n) is 11.2. The van der Waals surface area contributed by atoms with Gasteiger partial charge in [0.15, 0.2) is 6.61 Å². The molecular weight excluding hydrogens is 566 g/mol. The summed E-state index contributed by atoms with van der Waals surface area (Å²) >= 11 is 1.50. The van der Waals surface area contributed by atoms with Gasteiger partial charge in [0.1, 0.15) is 17.7 Å². The molecule has 9 nitrogen and oxygen atoms in total. The smallest absolute Gasteiger partial charge is 0.326 e. The van der Waals surface area contributed by atoms with Gasteiger partial charge in [-0.25, -0.2) is 4.79 Å². The fraction of sp³-hybridized carbons (Fsp3) is 0.758. The highest BCUT2D eigenvalue weighted by atomic mass is 32.2. The van der Waals surface area contributed by atoms with Gasteiger partial charge in [0, 0.05) is 5.41 Å². The minimum absolute atomic E-state index is 0.0823. The van der Waals surface area contributed by atoms with Crippen molar-refractivity contribution in [3.8, 4) is 12.3 Å². The minimum Gasteiger partial charge on any atom is -0.480 e. The first-order chi connectivity index (χ1) is 20.3. The maximum absolute atomic E-state index is 12.8. The lowest BCUT2D eigenvalue weighted by Gasteiger charge is -2.58. The van der Waals surface area contributed by atoms with Crippen molar-refractivity contribution in [1.29, 1.82) is 0 Å². The molecule has 0 spiro atoms. The van der Waals surface area contributed by atoms with E-state index in [-0.39, 0.29) is 23.4 Å². The van der Waals surface area contributed by atoms with E-state index in [4.69, 9.17) is 11.3 Å². The van der Waals surface area contributed by atoms with Crippen molar-refractivity contribution in [3.63, 3.8) is 0 Å². The van der Waals surface area contributed by atoms with E-state index < -0.39 is 35.5 Å². The Morgan fingerprint density at radius 2 is 1.86 bits per heavy atom. The summed E-state index contributed by atoms with van der Waals surface area (Å²) in [7, 11) is 0. The fourth-order valence-corrected chi connectivity index (χ4v) is 9.05. The van der Waals surface area contributed by atoms with Gasteiger partial charge < -0.3 is 25.7 Å². The average Bonchev–Trinajstić information content (AvgIpc) is 3.24. The van der Waals surface area contributed by atoms with Crippen LogP contribution in [0.3, 0.4) is 0 Å². The van der Waals surface area contributed by atoms with Crippen LogP contribution in [0.25, 0.3) is 0 Å². The third kappa shape index (κ3) is 6.49. The summed E-state index contributed by atoms with van der Waals surface area (Å²) < 4.78 is 0. The molecule has 4 aliphatic carbocycles. The van der Waals surface area contributed by atoms with Crippen molar-refractivity contribution >= 4 is 35.3 Å². The van der Waals surface area contributed by atoms with Crippen molar-refractivity contribution in [3.05, 3.63) is 11.6 Å². The molecule has 238 valence electrons. The summed E-state index contributed by atoms with van der Waals surface area (Å²) in [4.78, 5) is 42.5. The van der Waals surface area contributed by atoms with E-state index in [0.29, 0.717) is 36.3 Å². The number of carbonyl (C=O) groups is 3. The predicted molar refractivity (Wildman–Crippen MR) is 168 cm³/mol. The molecule has 0 bridgehead atoms. The molecule has 0 aromatic carbocycles. The van der Waals surface area contributed by atoms with Crippen LogP contribution in [-0.4, -0.2) is 70.0 Å². The number of aliphatic carboxylic acids is 1. The molecule has 2 amide bonds. The van der Waals surface area contributed by atoms with Gasteiger partial charge in [-0.15, -0.1) is 6.42 Å². The third-order valence-corrected chi connectivity index (χ3v) is 11.9. The topological polar surface area (TPSA) is 137 Å². The van der Waals surface area contributed by atoms with Crippen molar-refractivity contribution in [2.45, 2.75) is 103 Å². The van der Waals surface area contributed by atoms with Crippen LogP contribution in [0.5, 0.6) is 0 Å². The number of fused-ring (bicyclic) bond motifs is 5. The van der Waals surface area contributed by atoms with Crippen molar-refractivity contribution in [2.24, 2.45) is 39.7 Å². The Morgan fingerprint density at radius 3 is 2.51 bits per heavy atom. The standard InChI is InChI=1S/C33H49N3O6S/c1-7-33(41)16-12-25-23-9-8-21-18-22(10-14-31(21,4)24(23)11-15-32(25,33)5)36-42-19-27(37)35-28(20(2)3)29(38)34-26(30(39)40)13-17-43-6/h1,18,20,23-26,28,41H,8-17,19H2,2-6H3,(H,34,38)(H,35,37)(H,39,40)/b36-22-/t23-,24+,25-,26-,28+,31+,32+,33-/m1/s1. The molecular formula is C33H49N3O6S. The molecule has 4 aliphatic rings. The highest BCUT2D eigenvalue weighted by Gasteiger charge is 2.63. The highest BCUT2D eigenvalue weighted by Crippen LogP contribution is 2.67. The number of allylic oxidation sites excluding steroid dienone is 2. The van der Waals surface area contributed by atoms with Crippen molar-refractivity contribution in [1.82, 2.24) is 10.6 Å². The second-order valence-electron chi connectivity index (χ2n) is 13.8. The first kappa shape index (κ1) is 33.4. The quantitative estimate of drug-likeness (QED) is 0.202. The zero-order valence-electron chi connectivity index (χ0n) is 26.3. The Morgan fingerprint density at radius 1 is 1.14 bits per heavy atom.